The van der Waals surface area contributed by atoms with Gasteiger partial charge in [0.25, 0.3) is 20.1 Å². The Morgan fingerprint density at radius 2 is 0.701 bits per heavy atom. The number of benzene rings is 13. The number of para-hydroxylation sites is 5. The van der Waals surface area contributed by atoms with Crippen molar-refractivity contribution in [2.75, 3.05) is 26.0 Å². The van der Waals surface area contributed by atoms with Crippen LogP contribution < -0.4 is 67.4 Å². The predicted octanol–water partition coefficient (Wildman–Crippen LogP) is 16.3. The number of aromatic nitrogens is 2. The van der Waals surface area contributed by atoms with E-state index in [0.717, 1.165) is 34.1 Å². The first-order chi connectivity index (χ1) is 47.5. The number of rotatable bonds is 6. The molecule has 2 aromatic heterocycles. The monoisotopic (exact) mass is 1280 g/mol. The first-order valence-corrected chi connectivity index (χ1v) is 36.3. The minimum atomic E-state index is -0.209. The fourth-order valence-electron chi connectivity index (χ4n) is 19.0. The highest BCUT2D eigenvalue weighted by atomic mass is 32.2. The Kier molecular flexibility index (Phi) is 11.5. The summed E-state index contributed by atoms with van der Waals surface area (Å²) in [5.74, 6) is 1.79. The zero-order chi connectivity index (χ0) is 64.7. The molecule has 0 saturated heterocycles. The van der Waals surface area contributed by atoms with Crippen molar-refractivity contribution in [1.82, 2.24) is 9.13 Å². The first kappa shape index (κ1) is 55.8. The topological polar surface area (TPSA) is 28.8 Å². The second-order valence-electron chi connectivity index (χ2n) is 27.7. The number of fused-ring (bicyclic) bond motifs is 18. The lowest BCUT2D eigenvalue weighted by atomic mass is 9.29. The molecule has 0 aliphatic carbocycles. The Labute approximate surface area is 574 Å². The van der Waals surface area contributed by atoms with Gasteiger partial charge >= 0.3 is 0 Å². The molecule has 0 saturated carbocycles. The Hall–Kier alpha value is -10.4. The molecule has 97 heavy (non-hydrogen) atoms. The van der Waals surface area contributed by atoms with Gasteiger partial charge in [0.15, 0.2) is 0 Å². The molecule has 15 aromatic rings. The third-order valence-corrected chi connectivity index (χ3v) is 24.2. The highest BCUT2D eigenvalue weighted by Crippen LogP contribution is 2.51. The van der Waals surface area contributed by atoms with Crippen LogP contribution in [0.4, 0.5) is 39.8 Å². The molecule has 6 aliphatic rings. The summed E-state index contributed by atoms with van der Waals surface area (Å²) in [5, 5.41) is 5.10. The number of hydrogen-bond acceptors (Lipinski definition) is 6. The molecule has 6 aliphatic heterocycles. The van der Waals surface area contributed by atoms with E-state index >= 15 is 0 Å². The van der Waals surface area contributed by atoms with Gasteiger partial charge in [-0.15, -0.1) is 0 Å². The third-order valence-electron chi connectivity index (χ3n) is 22.7. The van der Waals surface area contributed by atoms with Crippen LogP contribution >= 0.6 is 23.9 Å². The second kappa shape index (κ2) is 20.1. The highest BCUT2D eigenvalue weighted by Gasteiger charge is 2.50. The quantitative estimate of drug-likeness (QED) is 0.122. The van der Waals surface area contributed by atoms with E-state index in [1.165, 1.54) is 188 Å². The smallest absolute Gasteiger partial charge is 0.256 e. The summed E-state index contributed by atoms with van der Waals surface area (Å²) in [6.45, 7) is 13.2. The molecule has 0 spiro atoms. The summed E-state index contributed by atoms with van der Waals surface area (Å²) in [4.78, 5) is 2.61. The van der Waals surface area contributed by atoms with Gasteiger partial charge in [0.2, 0.25) is 0 Å². The van der Waals surface area contributed by atoms with Crippen LogP contribution in [0, 0.1) is 41.5 Å². The SMILES string of the molecule is CSN1c2cc3c(cc2B2c4cc5c(cc4Oc4cc(-c6c(C)cccc6C)cc1c42)N(SC)c1cc(-c2c(C)cccc2C)cc2c1B5c1cccc4c5ccccc5n-2c14)B1c2c(cc(-c4c(C)cccc4C)cc2-n2c4ccccc4c4cccc1c42)N3c1ccccc1. The van der Waals surface area contributed by atoms with E-state index in [2.05, 4.69) is 307 Å². The average molecular weight is 1280 g/mol. The van der Waals surface area contributed by atoms with Crippen LogP contribution in [0.3, 0.4) is 0 Å². The number of aryl methyl sites for hydroxylation is 6. The number of nitrogens with zero attached hydrogens (tertiary/aromatic N) is 5. The third kappa shape index (κ3) is 7.33. The molecule has 13 aromatic carbocycles. The van der Waals surface area contributed by atoms with Gasteiger partial charge in [0, 0.05) is 85.3 Å². The van der Waals surface area contributed by atoms with E-state index in [9.17, 15) is 0 Å². The van der Waals surface area contributed by atoms with Crippen molar-refractivity contribution in [3.05, 3.63) is 264 Å². The normalized spacial score (nSPS) is 13.8. The van der Waals surface area contributed by atoms with Crippen molar-refractivity contribution in [1.29, 1.82) is 0 Å². The number of hydrogen-bond donors (Lipinski definition) is 0. The molecular formula is C86H62B3N5OS2. The Bertz CT molecular complexity index is 6050. The van der Waals surface area contributed by atoms with E-state index in [0.29, 0.717) is 0 Å². The molecule has 8 heterocycles. The second-order valence-corrected chi connectivity index (χ2v) is 29.2. The van der Waals surface area contributed by atoms with E-state index in [4.69, 9.17) is 4.74 Å². The van der Waals surface area contributed by atoms with Crippen LogP contribution in [0.2, 0.25) is 0 Å². The van der Waals surface area contributed by atoms with Crippen molar-refractivity contribution < 1.29 is 4.74 Å². The number of ether oxygens (including phenoxy) is 1. The lowest BCUT2D eigenvalue weighted by Crippen LogP contribution is -2.65. The molecule has 0 radical (unpaired) electrons. The maximum atomic E-state index is 7.79. The average Bonchev–Trinajstić information content (AvgIpc) is 1.67. The molecule has 458 valence electrons. The van der Waals surface area contributed by atoms with Crippen molar-refractivity contribution in [3.63, 3.8) is 0 Å². The molecule has 0 amide bonds. The van der Waals surface area contributed by atoms with Crippen LogP contribution in [0.1, 0.15) is 33.4 Å². The minimum absolute atomic E-state index is 0.0833. The standard InChI is InChI=1S/C86H62B3N5OS2/c1-47-21-16-22-48(2)79(47)53-37-72-82-73(38-53)91-67-35-14-12-29-57(67)59-31-19-33-61(85(59)91)87(82)63-43-64-70(45-69(63)90(72)56-27-10-9-11-28-56)93(96-7)76-41-55(81-51(5)25-18-26-52(81)6)42-78-84(76)89(64)66-44-65-71(46-77(66)95-78)94(97-8)75-40-54(80-49(3)23-17-24-50(80)4)39-74-83(75)88(65)62-34-20-32-60-58-30-13-15-36-68(58)92(74)86(60)62/h9-46H,1-8H3. The molecule has 21 rings (SSSR count). The summed E-state index contributed by atoms with van der Waals surface area (Å²) in [7, 11) is 0. The van der Waals surface area contributed by atoms with Crippen molar-refractivity contribution >= 4 is 177 Å². The largest absolute Gasteiger partial charge is 0.458 e. The lowest BCUT2D eigenvalue weighted by Gasteiger charge is -2.44. The Morgan fingerprint density at radius 1 is 0.299 bits per heavy atom. The van der Waals surface area contributed by atoms with Gasteiger partial charge in [0.05, 0.1) is 28.1 Å². The first-order valence-electron chi connectivity index (χ1n) is 33.9. The zero-order valence-electron chi connectivity index (χ0n) is 55.1. The number of anilines is 7. The van der Waals surface area contributed by atoms with Crippen molar-refractivity contribution in [2.45, 2.75) is 41.5 Å². The van der Waals surface area contributed by atoms with E-state index in [-0.39, 0.29) is 20.1 Å². The molecule has 0 atom stereocenters. The highest BCUT2D eigenvalue weighted by molar-refractivity contribution is 8.00. The van der Waals surface area contributed by atoms with Crippen LogP contribution in [-0.4, -0.2) is 41.8 Å². The summed E-state index contributed by atoms with van der Waals surface area (Å²) in [5.41, 5.74) is 42.2. The molecule has 0 bridgehead atoms. The van der Waals surface area contributed by atoms with Crippen molar-refractivity contribution in [3.8, 4) is 56.3 Å². The Balaban J connectivity index is 0.871. The summed E-state index contributed by atoms with van der Waals surface area (Å²) >= 11 is 3.57. The van der Waals surface area contributed by atoms with Gasteiger partial charge < -0.3 is 18.8 Å². The van der Waals surface area contributed by atoms with Gasteiger partial charge in [-0.2, -0.15) is 0 Å². The fraction of sp³-hybridized carbons (Fsp3) is 0.0930. The molecular weight excluding hydrogens is 1220 g/mol. The summed E-state index contributed by atoms with van der Waals surface area (Å²) < 4.78 is 18.1. The molecule has 6 nitrogen and oxygen atoms in total. The van der Waals surface area contributed by atoms with Gasteiger partial charge in [0.1, 0.15) is 11.5 Å². The van der Waals surface area contributed by atoms with Crippen LogP contribution in [-0.2, 0) is 0 Å². The van der Waals surface area contributed by atoms with Crippen molar-refractivity contribution in [2.24, 2.45) is 0 Å². The fourth-order valence-corrected chi connectivity index (χ4v) is 20.4. The molecule has 0 N–H and O–H groups in total. The maximum absolute atomic E-state index is 7.79. The van der Waals surface area contributed by atoms with Gasteiger partial charge in [-0.05, 0) is 248 Å². The van der Waals surface area contributed by atoms with Gasteiger partial charge in [-0.1, -0.05) is 158 Å². The van der Waals surface area contributed by atoms with Gasteiger partial charge in [-0.3, -0.25) is 8.61 Å². The molecule has 0 unspecified atom stereocenters. The molecule has 11 heteroatoms. The predicted molar refractivity (Wildman–Crippen MR) is 419 cm³/mol. The summed E-state index contributed by atoms with van der Waals surface area (Å²) in [6, 6.07) is 88.8. The van der Waals surface area contributed by atoms with Gasteiger partial charge in [-0.25, -0.2) is 0 Å². The van der Waals surface area contributed by atoms with E-state index in [1.807, 2.05) is 0 Å². The maximum Gasteiger partial charge on any atom is 0.256 e. The minimum Gasteiger partial charge on any atom is -0.458 e. The van der Waals surface area contributed by atoms with Crippen LogP contribution in [0.5, 0.6) is 11.5 Å². The molecule has 0 fully saturated rings. The van der Waals surface area contributed by atoms with E-state index in [1.54, 1.807) is 23.9 Å². The Morgan fingerprint density at radius 3 is 1.23 bits per heavy atom. The van der Waals surface area contributed by atoms with Crippen LogP contribution in [0.25, 0.3) is 88.4 Å². The lowest BCUT2D eigenvalue weighted by molar-refractivity contribution is 0.488. The zero-order valence-corrected chi connectivity index (χ0v) is 56.8. The van der Waals surface area contributed by atoms with Crippen LogP contribution in [0.15, 0.2) is 231 Å². The summed E-state index contributed by atoms with van der Waals surface area (Å²) in [6.07, 6.45) is 4.50. The van der Waals surface area contributed by atoms with E-state index < -0.39 is 0 Å².